The molecule has 188 valence electrons. The van der Waals surface area contributed by atoms with E-state index in [0.29, 0.717) is 0 Å². The molecule has 0 amide bonds. The zero-order valence-corrected chi connectivity index (χ0v) is 21.6. The molecule has 0 aliphatic heterocycles. The second kappa shape index (κ2) is 6.78. The van der Waals surface area contributed by atoms with Crippen molar-refractivity contribution in [3.05, 3.63) is 127 Å². The summed E-state index contributed by atoms with van der Waals surface area (Å²) in [5, 5.41) is 10.1. The third kappa shape index (κ3) is 2.23. The maximum Gasteiger partial charge on any atom is 0.0645 e. The number of hydrogen-bond donors (Lipinski definition) is 0. The summed E-state index contributed by atoms with van der Waals surface area (Å²) in [6.45, 7) is 0. The topological polar surface area (TPSA) is 13.8 Å². The molecule has 0 bridgehead atoms. The van der Waals surface area contributed by atoms with Crippen molar-refractivity contribution in [1.29, 1.82) is 0 Å². The highest BCUT2D eigenvalue weighted by atomic mass is 15.0. The quantitative estimate of drug-likeness (QED) is 0.203. The van der Waals surface area contributed by atoms with Crippen LogP contribution in [0.5, 0.6) is 0 Å². The molecule has 0 spiro atoms. The lowest BCUT2D eigenvalue weighted by Gasteiger charge is -2.07. The molecule has 0 fully saturated rings. The fourth-order valence-electron chi connectivity index (χ4n) is 7.67. The predicted molar refractivity (Wildman–Crippen MR) is 173 cm³/mol. The van der Waals surface area contributed by atoms with Crippen molar-refractivity contribution in [2.45, 2.75) is 0 Å². The number of aromatic nitrogens is 3. The van der Waals surface area contributed by atoms with Gasteiger partial charge in [-0.25, -0.2) is 0 Å². The van der Waals surface area contributed by atoms with Crippen LogP contribution in [0.2, 0.25) is 0 Å². The number of benzene rings is 6. The fourth-order valence-corrected chi connectivity index (χ4v) is 7.67. The van der Waals surface area contributed by atoms with E-state index in [9.17, 15) is 0 Å². The summed E-state index contributed by atoms with van der Waals surface area (Å²) >= 11 is 0. The third-order valence-electron chi connectivity index (χ3n) is 9.20. The minimum absolute atomic E-state index is 0.159. The van der Waals surface area contributed by atoms with E-state index in [1.807, 2.05) is 22.8 Å². The van der Waals surface area contributed by atoms with Crippen molar-refractivity contribution in [2.75, 3.05) is 0 Å². The predicted octanol–water partition coefficient (Wildman–Crippen LogP) is 9.93. The van der Waals surface area contributed by atoms with Crippen LogP contribution in [0.3, 0.4) is 0 Å². The van der Waals surface area contributed by atoms with Crippen LogP contribution in [-0.4, -0.2) is 13.4 Å². The van der Waals surface area contributed by atoms with Gasteiger partial charge in [0.2, 0.25) is 0 Å². The third-order valence-corrected chi connectivity index (χ3v) is 9.20. The van der Waals surface area contributed by atoms with Crippen LogP contribution >= 0.6 is 0 Å². The molecule has 3 nitrogen and oxygen atoms in total. The number of fused-ring (bicyclic) bond motifs is 13. The molecule has 5 aromatic heterocycles. The van der Waals surface area contributed by atoms with E-state index < -0.39 is 6.04 Å². The van der Waals surface area contributed by atoms with Crippen LogP contribution in [-0.2, 0) is 0 Å². The molecule has 11 rings (SSSR count). The Morgan fingerprint density at radius 3 is 2.02 bits per heavy atom. The Labute approximate surface area is 240 Å². The Balaban J connectivity index is 1.36. The van der Waals surface area contributed by atoms with Gasteiger partial charge in [-0.1, -0.05) is 72.7 Å². The average molecular weight is 525 g/mol. The highest BCUT2D eigenvalue weighted by molar-refractivity contribution is 6.31. The molecule has 0 saturated carbocycles. The van der Waals surface area contributed by atoms with Crippen LogP contribution in [0.1, 0.15) is 6.85 Å². The normalized spacial score (nSPS) is 14.6. The molecular weight excluding hydrogens is 498 g/mol. The molecule has 3 heteroatoms. The lowest BCUT2D eigenvalue weighted by molar-refractivity contribution is 1.18. The first-order valence-corrected chi connectivity index (χ1v) is 13.8. The zero-order chi connectivity index (χ0) is 30.7. The van der Waals surface area contributed by atoms with Crippen LogP contribution in [0.4, 0.5) is 0 Å². The number of para-hydroxylation sites is 4. The van der Waals surface area contributed by atoms with Gasteiger partial charge < -0.3 is 13.4 Å². The first-order valence-electron chi connectivity index (χ1n) is 16.3. The maximum atomic E-state index is 8.87. The summed E-state index contributed by atoms with van der Waals surface area (Å²) in [4.78, 5) is 0. The first-order chi connectivity index (χ1) is 22.4. The van der Waals surface area contributed by atoms with E-state index >= 15 is 0 Å². The second-order valence-electron chi connectivity index (χ2n) is 11.0. The maximum absolute atomic E-state index is 8.87. The Bertz CT molecular complexity index is 3120. The number of rotatable bonds is 1. The summed E-state index contributed by atoms with van der Waals surface area (Å²) in [7, 11) is 0. The monoisotopic (exact) mass is 524 g/mol. The molecule has 0 saturated heterocycles. The summed E-state index contributed by atoms with van der Waals surface area (Å²) < 4.78 is 49.4. The number of nitrogens with zero attached hydrogens (tertiary/aromatic N) is 3. The van der Waals surface area contributed by atoms with Gasteiger partial charge in [0.1, 0.15) is 0 Å². The molecule has 0 radical (unpaired) electrons. The van der Waals surface area contributed by atoms with Crippen molar-refractivity contribution in [3.63, 3.8) is 0 Å². The van der Waals surface area contributed by atoms with E-state index in [1.54, 1.807) is 0 Å². The SMILES string of the molecule is [2H]c1c([2H])c([2H])c(-n2c3ccccc3c3c4ccn5c6cc7c8cccc9c%10ccccc%10n(c7cc6c(cc32)c45)c98)c([2H])c1[2H]. The van der Waals surface area contributed by atoms with Crippen LogP contribution < -0.4 is 0 Å². The summed E-state index contributed by atoms with van der Waals surface area (Å²) in [5.41, 5.74) is 7.57. The average Bonchev–Trinajstić information content (AvgIpc) is 3.88. The molecule has 0 aliphatic rings. The zero-order valence-electron chi connectivity index (χ0n) is 26.6. The molecule has 0 N–H and O–H groups in total. The van der Waals surface area contributed by atoms with Gasteiger partial charge >= 0.3 is 0 Å². The van der Waals surface area contributed by atoms with E-state index in [1.165, 1.54) is 32.6 Å². The Kier molecular flexibility index (Phi) is 2.73. The van der Waals surface area contributed by atoms with Gasteiger partial charge in [0.25, 0.3) is 0 Å². The van der Waals surface area contributed by atoms with Gasteiger partial charge in [0.05, 0.1) is 45.5 Å². The van der Waals surface area contributed by atoms with Crippen molar-refractivity contribution < 1.29 is 6.85 Å². The van der Waals surface area contributed by atoms with E-state index in [2.05, 4.69) is 87.8 Å². The minimum Gasteiger partial charge on any atom is -0.315 e. The molecule has 11 aromatic rings. The van der Waals surface area contributed by atoms with Crippen molar-refractivity contribution in [3.8, 4) is 5.69 Å². The molecule has 0 aliphatic carbocycles. The van der Waals surface area contributed by atoms with E-state index in [4.69, 9.17) is 6.85 Å². The van der Waals surface area contributed by atoms with Gasteiger partial charge in [-0.2, -0.15) is 0 Å². The van der Waals surface area contributed by atoms with Gasteiger partial charge in [-0.3, -0.25) is 0 Å². The lowest BCUT2D eigenvalue weighted by Crippen LogP contribution is -1.92. The summed E-state index contributed by atoms with van der Waals surface area (Å²) in [6, 6.07) is 30.5. The van der Waals surface area contributed by atoms with Crippen LogP contribution in [0, 0.1) is 0 Å². The van der Waals surface area contributed by atoms with Crippen molar-refractivity contribution in [1.82, 2.24) is 13.4 Å². The Hall–Kier alpha value is -5.54. The lowest BCUT2D eigenvalue weighted by atomic mass is 10.0. The molecule has 0 unspecified atom stereocenters. The smallest absolute Gasteiger partial charge is 0.0645 e. The largest absolute Gasteiger partial charge is 0.315 e. The van der Waals surface area contributed by atoms with Gasteiger partial charge in [0, 0.05) is 60.4 Å². The molecular formula is C38H21N3. The first kappa shape index (κ1) is 16.5. The van der Waals surface area contributed by atoms with Gasteiger partial charge in [-0.05, 0) is 48.5 Å². The van der Waals surface area contributed by atoms with E-state index in [0.717, 1.165) is 54.5 Å². The molecule has 0 atom stereocenters. The summed E-state index contributed by atoms with van der Waals surface area (Å²) in [5.74, 6) is 0. The minimum atomic E-state index is -0.395. The standard InChI is InChI=1S/C38H21N3/c1-2-9-22(10-3-1)40-32-16-7-5-12-26(32)36-27-17-18-39-33-19-28-25-14-8-13-24-23-11-4-6-15-31(23)41(38(24)25)34(28)20-29(33)30(37(27)39)21-35(36)40/h1-21H/i1D,2D,3D,9D,10D. The van der Waals surface area contributed by atoms with Crippen molar-refractivity contribution in [2.24, 2.45) is 0 Å². The highest BCUT2D eigenvalue weighted by Crippen LogP contribution is 2.45. The second-order valence-corrected chi connectivity index (χ2v) is 11.0. The highest BCUT2D eigenvalue weighted by Gasteiger charge is 2.23. The fraction of sp³-hybridized carbons (Fsp3) is 0. The van der Waals surface area contributed by atoms with Gasteiger partial charge in [0.15, 0.2) is 0 Å². The summed E-state index contributed by atoms with van der Waals surface area (Å²) in [6.07, 6.45) is 2.13. The Morgan fingerprint density at radius 1 is 0.463 bits per heavy atom. The number of hydrogen-bond acceptors (Lipinski definition) is 0. The molecule has 6 aromatic carbocycles. The van der Waals surface area contributed by atoms with Gasteiger partial charge in [-0.15, -0.1) is 0 Å². The van der Waals surface area contributed by atoms with Crippen LogP contribution in [0.15, 0.2) is 127 Å². The van der Waals surface area contributed by atoms with E-state index in [-0.39, 0.29) is 29.9 Å². The molecule has 41 heavy (non-hydrogen) atoms. The van der Waals surface area contributed by atoms with Crippen molar-refractivity contribution >= 4 is 87.1 Å². The molecule has 5 heterocycles. The van der Waals surface area contributed by atoms with Crippen LogP contribution in [0.25, 0.3) is 92.8 Å². The Morgan fingerprint density at radius 2 is 1.15 bits per heavy atom.